The summed E-state index contributed by atoms with van der Waals surface area (Å²) in [5.74, 6) is 0.534. The molecular formula is C17H25FN4O2. The van der Waals surface area contributed by atoms with Gasteiger partial charge in [0.1, 0.15) is 0 Å². The number of morpholine rings is 1. The average molecular weight is 336 g/mol. The summed E-state index contributed by atoms with van der Waals surface area (Å²) in [5.41, 5.74) is 0.442. The lowest BCUT2D eigenvalue weighted by atomic mass is 9.99. The molecule has 132 valence electrons. The van der Waals surface area contributed by atoms with Crippen molar-refractivity contribution < 1.29 is 13.9 Å². The molecule has 6 nitrogen and oxygen atoms in total. The molecule has 1 aliphatic heterocycles. The standard InChI is InChI=1S/C17H25FN4O2/c1-17(2,13-3-4-13)21-16(23)20-11-12-9-14(18)15(19-10-12)22-5-7-24-8-6-22/h9-10,13H,3-8,11H2,1-2H3,(H2,20,21,23). The predicted molar refractivity (Wildman–Crippen MR) is 89.4 cm³/mol. The number of urea groups is 1. The monoisotopic (exact) mass is 336 g/mol. The van der Waals surface area contributed by atoms with Crippen LogP contribution in [0, 0.1) is 11.7 Å². The summed E-state index contributed by atoms with van der Waals surface area (Å²) in [4.78, 5) is 18.1. The zero-order valence-corrected chi connectivity index (χ0v) is 14.3. The molecule has 2 heterocycles. The van der Waals surface area contributed by atoms with Crippen LogP contribution in [0.15, 0.2) is 12.3 Å². The number of aromatic nitrogens is 1. The molecular weight excluding hydrogens is 311 g/mol. The van der Waals surface area contributed by atoms with Crippen molar-refractivity contribution in [1.29, 1.82) is 0 Å². The number of hydrogen-bond donors (Lipinski definition) is 2. The summed E-state index contributed by atoms with van der Waals surface area (Å²) in [6.07, 6.45) is 3.93. The zero-order valence-electron chi connectivity index (χ0n) is 14.3. The molecule has 1 aliphatic carbocycles. The molecule has 0 bridgehead atoms. The van der Waals surface area contributed by atoms with E-state index in [2.05, 4.69) is 15.6 Å². The minimum absolute atomic E-state index is 0.201. The molecule has 7 heteroatoms. The smallest absolute Gasteiger partial charge is 0.315 e. The zero-order chi connectivity index (χ0) is 17.2. The molecule has 1 saturated heterocycles. The van der Waals surface area contributed by atoms with Crippen LogP contribution in [0.4, 0.5) is 15.0 Å². The van der Waals surface area contributed by atoms with Gasteiger partial charge in [-0.1, -0.05) is 0 Å². The van der Waals surface area contributed by atoms with Gasteiger partial charge in [0.25, 0.3) is 0 Å². The van der Waals surface area contributed by atoms with Gasteiger partial charge in [0.2, 0.25) is 0 Å². The van der Waals surface area contributed by atoms with E-state index in [1.807, 2.05) is 18.7 Å². The molecule has 1 aromatic rings. The number of nitrogens with zero attached hydrogens (tertiary/aromatic N) is 2. The number of carbonyl (C=O) groups is 1. The molecule has 1 aromatic heterocycles. The third-order valence-electron chi connectivity index (χ3n) is 4.68. The lowest BCUT2D eigenvalue weighted by Gasteiger charge is -2.28. The Kier molecular flexibility index (Phi) is 4.89. The number of nitrogens with one attached hydrogen (secondary N) is 2. The molecule has 2 fully saturated rings. The molecule has 0 atom stereocenters. The van der Waals surface area contributed by atoms with Crippen LogP contribution in [-0.4, -0.2) is 42.9 Å². The fraction of sp³-hybridized carbons (Fsp3) is 0.647. The van der Waals surface area contributed by atoms with Crippen LogP contribution in [0.5, 0.6) is 0 Å². The van der Waals surface area contributed by atoms with Crippen molar-refractivity contribution in [3.63, 3.8) is 0 Å². The lowest BCUT2D eigenvalue weighted by molar-refractivity contribution is 0.122. The highest BCUT2D eigenvalue weighted by Crippen LogP contribution is 2.39. The number of rotatable bonds is 5. The highest BCUT2D eigenvalue weighted by molar-refractivity contribution is 5.74. The van der Waals surface area contributed by atoms with E-state index in [9.17, 15) is 9.18 Å². The summed E-state index contributed by atoms with van der Waals surface area (Å²) in [6.45, 7) is 6.76. The highest BCUT2D eigenvalue weighted by atomic mass is 19.1. The molecule has 24 heavy (non-hydrogen) atoms. The van der Waals surface area contributed by atoms with Crippen LogP contribution < -0.4 is 15.5 Å². The van der Waals surface area contributed by atoms with Gasteiger partial charge in [0.15, 0.2) is 11.6 Å². The third-order valence-corrected chi connectivity index (χ3v) is 4.68. The van der Waals surface area contributed by atoms with Crippen molar-refractivity contribution in [2.24, 2.45) is 5.92 Å². The molecule has 0 aromatic carbocycles. The topological polar surface area (TPSA) is 66.5 Å². The molecule has 2 aliphatic rings. The Bertz CT molecular complexity index is 598. The second kappa shape index (κ2) is 6.93. The van der Waals surface area contributed by atoms with E-state index in [-0.39, 0.29) is 23.9 Å². The first-order valence-corrected chi connectivity index (χ1v) is 8.49. The lowest BCUT2D eigenvalue weighted by Crippen LogP contribution is -2.49. The van der Waals surface area contributed by atoms with Crippen molar-refractivity contribution in [1.82, 2.24) is 15.6 Å². The molecule has 1 saturated carbocycles. The van der Waals surface area contributed by atoms with E-state index in [1.165, 1.54) is 6.07 Å². The van der Waals surface area contributed by atoms with Gasteiger partial charge >= 0.3 is 6.03 Å². The van der Waals surface area contributed by atoms with E-state index >= 15 is 0 Å². The van der Waals surface area contributed by atoms with Crippen molar-refractivity contribution in [3.05, 3.63) is 23.6 Å². The number of amides is 2. The summed E-state index contributed by atoms with van der Waals surface area (Å²) in [7, 11) is 0. The maximum Gasteiger partial charge on any atom is 0.315 e. The number of anilines is 1. The number of ether oxygens (including phenoxy) is 1. The molecule has 0 radical (unpaired) electrons. The fourth-order valence-corrected chi connectivity index (χ4v) is 3.00. The Morgan fingerprint density at radius 1 is 1.42 bits per heavy atom. The summed E-state index contributed by atoms with van der Waals surface area (Å²) < 4.78 is 19.5. The van der Waals surface area contributed by atoms with Crippen LogP contribution >= 0.6 is 0 Å². The van der Waals surface area contributed by atoms with E-state index in [0.717, 1.165) is 12.8 Å². The quantitative estimate of drug-likeness (QED) is 0.864. The Hall–Kier alpha value is -1.89. The molecule has 2 N–H and O–H groups in total. The Morgan fingerprint density at radius 3 is 2.75 bits per heavy atom. The number of carbonyl (C=O) groups excluding carboxylic acids is 1. The average Bonchev–Trinajstić information content (AvgIpc) is 3.39. The first-order valence-electron chi connectivity index (χ1n) is 8.49. The first-order chi connectivity index (χ1) is 11.5. The SMILES string of the molecule is CC(C)(NC(=O)NCc1cnc(N2CCOCC2)c(F)c1)C1CC1. The molecule has 2 amide bonds. The third kappa shape index (κ3) is 4.14. The van der Waals surface area contributed by atoms with Gasteiger partial charge in [0, 0.05) is 31.4 Å². The summed E-state index contributed by atoms with van der Waals surface area (Å²) in [6, 6.07) is 1.20. The van der Waals surface area contributed by atoms with Gasteiger partial charge in [-0.3, -0.25) is 0 Å². The van der Waals surface area contributed by atoms with Gasteiger partial charge in [0.05, 0.1) is 13.2 Å². The first kappa shape index (κ1) is 17.0. The number of halogens is 1. The van der Waals surface area contributed by atoms with Gasteiger partial charge in [-0.25, -0.2) is 14.2 Å². The van der Waals surface area contributed by atoms with Crippen molar-refractivity contribution in [3.8, 4) is 0 Å². The minimum atomic E-state index is -0.366. The minimum Gasteiger partial charge on any atom is -0.378 e. The molecule has 0 unspecified atom stereocenters. The Balaban J connectivity index is 1.53. The van der Waals surface area contributed by atoms with Gasteiger partial charge in [-0.2, -0.15) is 0 Å². The molecule has 0 spiro atoms. The largest absolute Gasteiger partial charge is 0.378 e. The van der Waals surface area contributed by atoms with Crippen LogP contribution in [0.3, 0.4) is 0 Å². The van der Waals surface area contributed by atoms with Crippen molar-refractivity contribution in [2.75, 3.05) is 31.2 Å². The van der Waals surface area contributed by atoms with Gasteiger partial charge in [-0.05, 0) is 44.2 Å². The van der Waals surface area contributed by atoms with Crippen molar-refractivity contribution in [2.45, 2.75) is 38.8 Å². The van der Waals surface area contributed by atoms with E-state index in [1.54, 1.807) is 6.20 Å². The second-order valence-electron chi connectivity index (χ2n) is 7.05. The predicted octanol–water partition coefficient (Wildman–Crippen LogP) is 2.05. The van der Waals surface area contributed by atoms with Crippen LogP contribution in [-0.2, 0) is 11.3 Å². The fourth-order valence-electron chi connectivity index (χ4n) is 3.00. The summed E-state index contributed by atoms with van der Waals surface area (Å²) in [5, 5.41) is 5.75. The highest BCUT2D eigenvalue weighted by Gasteiger charge is 2.38. The van der Waals surface area contributed by atoms with Gasteiger partial charge in [-0.15, -0.1) is 0 Å². The van der Waals surface area contributed by atoms with Gasteiger partial charge < -0.3 is 20.3 Å². The number of hydrogen-bond acceptors (Lipinski definition) is 4. The Labute approximate surface area is 141 Å². The normalized spacial score (nSPS) is 18.4. The second-order valence-corrected chi connectivity index (χ2v) is 7.05. The maximum absolute atomic E-state index is 14.3. The van der Waals surface area contributed by atoms with Crippen LogP contribution in [0.25, 0.3) is 0 Å². The maximum atomic E-state index is 14.3. The van der Waals surface area contributed by atoms with Crippen LogP contribution in [0.1, 0.15) is 32.3 Å². The van der Waals surface area contributed by atoms with Crippen LogP contribution in [0.2, 0.25) is 0 Å². The van der Waals surface area contributed by atoms with Crippen molar-refractivity contribution >= 4 is 11.8 Å². The van der Waals surface area contributed by atoms with E-state index < -0.39 is 0 Å². The molecule has 3 rings (SSSR count). The summed E-state index contributed by atoms with van der Waals surface area (Å²) >= 11 is 0. The number of pyridine rings is 1. The Morgan fingerprint density at radius 2 is 2.12 bits per heavy atom. The van der Waals surface area contributed by atoms with E-state index in [0.29, 0.717) is 43.6 Å². The van der Waals surface area contributed by atoms with E-state index in [4.69, 9.17) is 4.74 Å².